The second-order valence-corrected chi connectivity index (χ2v) is 7.06. The van der Waals surface area contributed by atoms with Crippen molar-refractivity contribution in [3.05, 3.63) is 65.7 Å². The van der Waals surface area contributed by atoms with Gasteiger partial charge in [-0.1, -0.05) is 56.3 Å². The van der Waals surface area contributed by atoms with Crippen molar-refractivity contribution in [2.45, 2.75) is 26.8 Å². The number of rotatable bonds is 9. The molecule has 0 saturated heterocycles. The van der Waals surface area contributed by atoms with E-state index in [2.05, 4.69) is 26.0 Å². The van der Waals surface area contributed by atoms with E-state index in [0.29, 0.717) is 12.3 Å². The standard InChI is InChI=1S/C22H27NO4/c1-16(2)20(13-17-7-5-4-6-8-17)22(26)23(3)14-18-9-11-19(12-10-18)27-15-21(24)25/h4-12,16,20H,13-15H2,1-3H3,(H,24,25). The molecule has 0 bridgehead atoms. The average Bonchev–Trinajstić information content (AvgIpc) is 2.65. The molecule has 0 aliphatic rings. The van der Waals surface area contributed by atoms with Crippen LogP contribution in [0.5, 0.6) is 5.75 Å². The Labute approximate surface area is 160 Å². The zero-order valence-electron chi connectivity index (χ0n) is 16.1. The number of aliphatic carboxylic acids is 1. The lowest BCUT2D eigenvalue weighted by atomic mass is 9.88. The molecule has 0 spiro atoms. The fraction of sp³-hybridized carbons (Fsp3) is 0.364. The van der Waals surface area contributed by atoms with Gasteiger partial charge in [-0.2, -0.15) is 0 Å². The number of hydrogen-bond acceptors (Lipinski definition) is 3. The average molecular weight is 369 g/mol. The molecule has 5 heteroatoms. The molecule has 0 fully saturated rings. The topological polar surface area (TPSA) is 66.8 Å². The summed E-state index contributed by atoms with van der Waals surface area (Å²) in [6.07, 6.45) is 0.726. The molecule has 5 nitrogen and oxygen atoms in total. The highest BCUT2D eigenvalue weighted by atomic mass is 16.5. The number of carbonyl (C=O) groups is 2. The van der Waals surface area contributed by atoms with Gasteiger partial charge >= 0.3 is 5.97 Å². The van der Waals surface area contributed by atoms with Crippen LogP contribution >= 0.6 is 0 Å². The van der Waals surface area contributed by atoms with Crippen molar-refractivity contribution in [3.63, 3.8) is 0 Å². The van der Waals surface area contributed by atoms with Crippen LogP contribution in [0.25, 0.3) is 0 Å². The maximum atomic E-state index is 13.0. The van der Waals surface area contributed by atoms with Crippen LogP contribution in [-0.4, -0.2) is 35.5 Å². The predicted molar refractivity (Wildman–Crippen MR) is 105 cm³/mol. The normalized spacial score (nSPS) is 11.9. The molecule has 0 saturated carbocycles. The molecule has 2 aromatic rings. The van der Waals surface area contributed by atoms with Crippen molar-refractivity contribution in [2.24, 2.45) is 11.8 Å². The number of carboxylic acid groups (broad SMARTS) is 1. The van der Waals surface area contributed by atoms with E-state index in [0.717, 1.165) is 17.5 Å². The molecule has 0 aromatic heterocycles. The van der Waals surface area contributed by atoms with Crippen molar-refractivity contribution in [1.82, 2.24) is 4.90 Å². The molecule has 0 aliphatic carbocycles. The number of amides is 1. The summed E-state index contributed by atoms with van der Waals surface area (Å²) in [7, 11) is 1.82. The van der Waals surface area contributed by atoms with Gasteiger partial charge < -0.3 is 14.7 Å². The third-order valence-electron chi connectivity index (χ3n) is 4.50. The molecule has 144 valence electrons. The maximum Gasteiger partial charge on any atom is 0.341 e. The SMILES string of the molecule is CC(C)C(Cc1ccccc1)C(=O)N(C)Cc1ccc(OCC(=O)O)cc1. The first-order valence-electron chi connectivity index (χ1n) is 9.09. The van der Waals surface area contributed by atoms with Gasteiger partial charge in [-0.3, -0.25) is 4.79 Å². The summed E-state index contributed by atoms with van der Waals surface area (Å²) in [5.74, 6) is -0.218. The van der Waals surface area contributed by atoms with Crippen LogP contribution in [0.15, 0.2) is 54.6 Å². The van der Waals surface area contributed by atoms with Crippen LogP contribution in [0.2, 0.25) is 0 Å². The number of carboxylic acids is 1. The van der Waals surface area contributed by atoms with Crippen LogP contribution in [0.3, 0.4) is 0 Å². The molecule has 2 rings (SSSR count). The van der Waals surface area contributed by atoms with Gasteiger partial charge in [0.05, 0.1) is 0 Å². The molecular weight excluding hydrogens is 342 g/mol. The zero-order chi connectivity index (χ0) is 19.8. The molecule has 0 heterocycles. The van der Waals surface area contributed by atoms with Crippen molar-refractivity contribution >= 4 is 11.9 Å². The van der Waals surface area contributed by atoms with Crippen molar-refractivity contribution in [1.29, 1.82) is 0 Å². The Morgan fingerprint density at radius 2 is 1.63 bits per heavy atom. The van der Waals surface area contributed by atoms with E-state index in [1.54, 1.807) is 17.0 Å². The Bertz CT molecular complexity index is 741. The molecule has 1 amide bonds. The number of hydrogen-bond donors (Lipinski definition) is 1. The second-order valence-electron chi connectivity index (χ2n) is 7.06. The number of ether oxygens (including phenoxy) is 1. The van der Waals surface area contributed by atoms with Gasteiger partial charge in [0.15, 0.2) is 6.61 Å². The number of benzene rings is 2. The minimum atomic E-state index is -1.01. The summed E-state index contributed by atoms with van der Waals surface area (Å²) in [4.78, 5) is 25.3. The highest BCUT2D eigenvalue weighted by Gasteiger charge is 2.25. The summed E-state index contributed by atoms with van der Waals surface area (Å²) in [5.41, 5.74) is 2.13. The fourth-order valence-corrected chi connectivity index (χ4v) is 2.95. The minimum absolute atomic E-state index is 0.0735. The van der Waals surface area contributed by atoms with Crippen molar-refractivity contribution < 1.29 is 19.4 Å². The van der Waals surface area contributed by atoms with Gasteiger partial charge in [-0.05, 0) is 35.6 Å². The predicted octanol–water partition coefficient (Wildman–Crippen LogP) is 3.62. The first kappa shape index (κ1) is 20.5. The van der Waals surface area contributed by atoms with E-state index in [1.165, 1.54) is 0 Å². The molecule has 1 unspecified atom stereocenters. The summed E-state index contributed by atoms with van der Waals surface area (Å²) in [6.45, 7) is 4.28. The summed E-state index contributed by atoms with van der Waals surface area (Å²) in [5, 5.41) is 8.64. The Kier molecular flexibility index (Phi) is 7.41. The first-order chi connectivity index (χ1) is 12.9. The highest BCUT2D eigenvalue weighted by Crippen LogP contribution is 2.21. The van der Waals surface area contributed by atoms with Gasteiger partial charge in [-0.25, -0.2) is 4.79 Å². The molecule has 0 radical (unpaired) electrons. The van der Waals surface area contributed by atoms with Gasteiger partial charge in [0.2, 0.25) is 5.91 Å². The van der Waals surface area contributed by atoms with Crippen LogP contribution in [0.4, 0.5) is 0 Å². The Morgan fingerprint density at radius 3 is 2.19 bits per heavy atom. The van der Waals surface area contributed by atoms with Crippen LogP contribution in [0.1, 0.15) is 25.0 Å². The summed E-state index contributed by atoms with van der Waals surface area (Å²) in [6, 6.07) is 17.2. The lowest BCUT2D eigenvalue weighted by Crippen LogP contribution is -2.36. The van der Waals surface area contributed by atoms with Crippen LogP contribution in [-0.2, 0) is 22.6 Å². The van der Waals surface area contributed by atoms with E-state index in [1.807, 2.05) is 37.4 Å². The number of carbonyl (C=O) groups excluding carboxylic acids is 1. The van der Waals surface area contributed by atoms with E-state index >= 15 is 0 Å². The number of nitrogens with zero attached hydrogens (tertiary/aromatic N) is 1. The quantitative estimate of drug-likeness (QED) is 0.733. The molecule has 2 aromatic carbocycles. The zero-order valence-corrected chi connectivity index (χ0v) is 16.1. The Morgan fingerprint density at radius 1 is 1.00 bits per heavy atom. The van der Waals surface area contributed by atoms with Gasteiger partial charge in [0.1, 0.15) is 5.75 Å². The maximum absolute atomic E-state index is 13.0. The van der Waals surface area contributed by atoms with Gasteiger partial charge in [0, 0.05) is 19.5 Å². The molecule has 1 atom stereocenters. The molecule has 27 heavy (non-hydrogen) atoms. The fourth-order valence-electron chi connectivity index (χ4n) is 2.95. The van der Waals surface area contributed by atoms with E-state index < -0.39 is 5.97 Å². The van der Waals surface area contributed by atoms with E-state index in [9.17, 15) is 9.59 Å². The largest absolute Gasteiger partial charge is 0.482 e. The molecule has 0 aliphatic heterocycles. The summed E-state index contributed by atoms with van der Waals surface area (Å²) >= 11 is 0. The smallest absolute Gasteiger partial charge is 0.341 e. The van der Waals surface area contributed by atoms with Crippen LogP contribution < -0.4 is 4.74 Å². The van der Waals surface area contributed by atoms with Crippen molar-refractivity contribution in [2.75, 3.05) is 13.7 Å². The lowest BCUT2D eigenvalue weighted by molar-refractivity contribution is -0.139. The summed E-state index contributed by atoms with van der Waals surface area (Å²) < 4.78 is 5.13. The van der Waals surface area contributed by atoms with Crippen molar-refractivity contribution in [3.8, 4) is 5.75 Å². The molecular formula is C22H27NO4. The minimum Gasteiger partial charge on any atom is -0.482 e. The third-order valence-corrected chi connectivity index (χ3v) is 4.50. The third kappa shape index (κ3) is 6.44. The highest BCUT2D eigenvalue weighted by molar-refractivity contribution is 5.79. The van der Waals surface area contributed by atoms with E-state index in [-0.39, 0.29) is 24.3 Å². The lowest BCUT2D eigenvalue weighted by Gasteiger charge is -2.26. The van der Waals surface area contributed by atoms with Gasteiger partial charge in [-0.15, -0.1) is 0 Å². The van der Waals surface area contributed by atoms with E-state index in [4.69, 9.17) is 9.84 Å². The van der Waals surface area contributed by atoms with Gasteiger partial charge in [0.25, 0.3) is 0 Å². The Hall–Kier alpha value is -2.82. The molecule has 1 N–H and O–H groups in total. The first-order valence-corrected chi connectivity index (χ1v) is 9.09. The second kappa shape index (κ2) is 9.76. The van der Waals surface area contributed by atoms with Crippen LogP contribution in [0, 0.1) is 11.8 Å². The monoisotopic (exact) mass is 369 g/mol. The Balaban J connectivity index is 1.99.